The van der Waals surface area contributed by atoms with Crippen molar-refractivity contribution < 1.29 is 9.53 Å². The number of halogens is 1. The molecular weight excluding hydrogens is 358 g/mol. The average Bonchev–Trinajstić information content (AvgIpc) is 2.70. The van der Waals surface area contributed by atoms with E-state index in [1.54, 1.807) is 6.07 Å². The van der Waals surface area contributed by atoms with E-state index >= 15 is 0 Å². The van der Waals surface area contributed by atoms with Crippen molar-refractivity contribution in [1.82, 2.24) is 0 Å². The lowest BCUT2D eigenvalue weighted by atomic mass is 10.1. The van der Waals surface area contributed by atoms with Gasteiger partial charge in [0.15, 0.2) is 6.10 Å². The van der Waals surface area contributed by atoms with E-state index in [0.717, 1.165) is 16.7 Å². The standard InChI is InChI=1S/C23H22ClNO2/c1-3-22(23(26)25-19-12-9-16(2)21(24)15-19)27-20-13-10-18(11-14-20)17-7-5-4-6-8-17/h4-15,22H,3H2,1-2H3,(H,25,26). The van der Waals surface area contributed by atoms with Crippen molar-refractivity contribution in [3.63, 3.8) is 0 Å². The molecule has 0 aromatic heterocycles. The summed E-state index contributed by atoms with van der Waals surface area (Å²) in [6.07, 6.45) is -0.0149. The van der Waals surface area contributed by atoms with Crippen LogP contribution < -0.4 is 10.1 Å². The first-order valence-electron chi connectivity index (χ1n) is 8.96. The van der Waals surface area contributed by atoms with E-state index in [2.05, 4.69) is 17.4 Å². The molecule has 0 aliphatic heterocycles. The molecule has 1 unspecified atom stereocenters. The SMILES string of the molecule is CCC(Oc1ccc(-c2ccccc2)cc1)C(=O)Nc1ccc(C)c(Cl)c1. The fourth-order valence-electron chi connectivity index (χ4n) is 2.74. The van der Waals surface area contributed by atoms with Crippen LogP contribution >= 0.6 is 11.6 Å². The summed E-state index contributed by atoms with van der Waals surface area (Å²) in [5.74, 6) is 0.475. The molecule has 138 valence electrons. The van der Waals surface area contributed by atoms with Crippen LogP contribution in [0, 0.1) is 6.92 Å². The lowest BCUT2D eigenvalue weighted by Gasteiger charge is -2.18. The molecule has 3 rings (SSSR count). The van der Waals surface area contributed by atoms with E-state index in [-0.39, 0.29) is 5.91 Å². The number of carbonyl (C=O) groups excluding carboxylic acids is 1. The van der Waals surface area contributed by atoms with Gasteiger partial charge in [0, 0.05) is 10.7 Å². The van der Waals surface area contributed by atoms with Crippen molar-refractivity contribution in [1.29, 1.82) is 0 Å². The second-order valence-corrected chi connectivity index (χ2v) is 6.77. The number of benzene rings is 3. The molecule has 0 saturated heterocycles. The van der Waals surface area contributed by atoms with E-state index < -0.39 is 6.10 Å². The van der Waals surface area contributed by atoms with Crippen LogP contribution in [0.2, 0.25) is 5.02 Å². The molecule has 1 amide bonds. The maximum absolute atomic E-state index is 12.6. The molecule has 0 saturated carbocycles. The summed E-state index contributed by atoms with van der Waals surface area (Å²) in [6, 6.07) is 23.4. The van der Waals surface area contributed by atoms with Crippen LogP contribution in [0.4, 0.5) is 5.69 Å². The fraction of sp³-hybridized carbons (Fsp3) is 0.174. The smallest absolute Gasteiger partial charge is 0.265 e. The number of carbonyl (C=O) groups is 1. The number of aryl methyl sites for hydroxylation is 1. The Balaban J connectivity index is 1.67. The number of hydrogen-bond acceptors (Lipinski definition) is 2. The van der Waals surface area contributed by atoms with Gasteiger partial charge < -0.3 is 10.1 Å². The molecular formula is C23H22ClNO2. The summed E-state index contributed by atoms with van der Waals surface area (Å²) in [5, 5.41) is 3.49. The normalized spacial score (nSPS) is 11.7. The molecule has 4 heteroatoms. The predicted molar refractivity (Wildman–Crippen MR) is 111 cm³/mol. The van der Waals surface area contributed by atoms with Gasteiger partial charge in [0.05, 0.1) is 0 Å². The number of nitrogens with one attached hydrogen (secondary N) is 1. The first-order chi connectivity index (χ1) is 13.1. The third-order valence-electron chi connectivity index (χ3n) is 4.34. The second-order valence-electron chi connectivity index (χ2n) is 6.36. The van der Waals surface area contributed by atoms with E-state index in [4.69, 9.17) is 16.3 Å². The van der Waals surface area contributed by atoms with Crippen LogP contribution in [0.3, 0.4) is 0 Å². The van der Waals surface area contributed by atoms with Crippen LogP contribution in [-0.4, -0.2) is 12.0 Å². The van der Waals surface area contributed by atoms with Gasteiger partial charge in [0.25, 0.3) is 5.91 Å². The first kappa shape index (κ1) is 19.0. The maximum Gasteiger partial charge on any atom is 0.265 e. The van der Waals surface area contributed by atoms with E-state index in [1.807, 2.05) is 68.4 Å². The van der Waals surface area contributed by atoms with Crippen LogP contribution in [0.15, 0.2) is 72.8 Å². The number of ether oxygens (including phenoxy) is 1. The molecule has 3 aromatic rings. The van der Waals surface area contributed by atoms with Gasteiger partial charge in [-0.2, -0.15) is 0 Å². The Kier molecular flexibility index (Phi) is 6.15. The Bertz CT molecular complexity index is 907. The van der Waals surface area contributed by atoms with Gasteiger partial charge in [-0.05, 0) is 54.3 Å². The van der Waals surface area contributed by atoms with E-state index in [0.29, 0.717) is 22.9 Å². The lowest BCUT2D eigenvalue weighted by Crippen LogP contribution is -2.32. The Labute approximate surface area is 164 Å². The zero-order chi connectivity index (χ0) is 19.2. The molecule has 0 aliphatic carbocycles. The third-order valence-corrected chi connectivity index (χ3v) is 4.75. The molecule has 0 bridgehead atoms. The third kappa shape index (κ3) is 4.89. The summed E-state index contributed by atoms with van der Waals surface area (Å²) in [4.78, 5) is 12.6. The predicted octanol–water partition coefficient (Wildman–Crippen LogP) is 6.11. The molecule has 1 N–H and O–H groups in total. The molecule has 0 heterocycles. The Morgan fingerprint density at radius 1 is 1.00 bits per heavy atom. The van der Waals surface area contributed by atoms with Crippen molar-refractivity contribution in [3.05, 3.63) is 83.4 Å². The highest BCUT2D eigenvalue weighted by molar-refractivity contribution is 6.31. The quantitative estimate of drug-likeness (QED) is 0.561. The highest BCUT2D eigenvalue weighted by Gasteiger charge is 2.19. The van der Waals surface area contributed by atoms with Crippen molar-refractivity contribution >= 4 is 23.2 Å². The molecule has 0 aliphatic rings. The molecule has 3 nitrogen and oxygen atoms in total. The van der Waals surface area contributed by atoms with Crippen molar-refractivity contribution in [3.8, 4) is 16.9 Å². The zero-order valence-electron chi connectivity index (χ0n) is 15.4. The first-order valence-corrected chi connectivity index (χ1v) is 9.34. The van der Waals surface area contributed by atoms with Gasteiger partial charge in [-0.1, -0.05) is 67.1 Å². The number of hydrogen-bond donors (Lipinski definition) is 1. The fourth-order valence-corrected chi connectivity index (χ4v) is 2.92. The van der Waals surface area contributed by atoms with Gasteiger partial charge in [-0.25, -0.2) is 0 Å². The highest BCUT2D eigenvalue weighted by atomic mass is 35.5. The molecule has 0 spiro atoms. The number of anilines is 1. The van der Waals surface area contributed by atoms with Crippen LogP contribution in [0.5, 0.6) is 5.75 Å². The monoisotopic (exact) mass is 379 g/mol. The molecule has 1 atom stereocenters. The Morgan fingerprint density at radius 2 is 1.67 bits per heavy atom. The summed E-state index contributed by atoms with van der Waals surface area (Å²) in [7, 11) is 0. The summed E-state index contributed by atoms with van der Waals surface area (Å²) < 4.78 is 5.90. The van der Waals surface area contributed by atoms with E-state index in [1.165, 1.54) is 0 Å². The summed E-state index contributed by atoms with van der Waals surface area (Å²) in [5.41, 5.74) is 3.88. The number of rotatable bonds is 6. The van der Waals surface area contributed by atoms with Crippen LogP contribution in [0.25, 0.3) is 11.1 Å². The van der Waals surface area contributed by atoms with Crippen molar-refractivity contribution in [2.75, 3.05) is 5.32 Å². The lowest BCUT2D eigenvalue weighted by molar-refractivity contribution is -0.122. The molecule has 0 radical (unpaired) electrons. The zero-order valence-corrected chi connectivity index (χ0v) is 16.2. The van der Waals surface area contributed by atoms with Crippen LogP contribution in [-0.2, 0) is 4.79 Å². The van der Waals surface area contributed by atoms with Gasteiger partial charge in [0.1, 0.15) is 5.75 Å². The van der Waals surface area contributed by atoms with Gasteiger partial charge in [0.2, 0.25) is 0 Å². The van der Waals surface area contributed by atoms with Crippen molar-refractivity contribution in [2.24, 2.45) is 0 Å². The minimum absolute atomic E-state index is 0.190. The van der Waals surface area contributed by atoms with Gasteiger partial charge in [-0.3, -0.25) is 4.79 Å². The molecule has 3 aromatic carbocycles. The average molecular weight is 380 g/mol. The molecule has 0 fully saturated rings. The minimum Gasteiger partial charge on any atom is -0.481 e. The largest absolute Gasteiger partial charge is 0.481 e. The van der Waals surface area contributed by atoms with E-state index in [9.17, 15) is 4.79 Å². The minimum atomic E-state index is -0.576. The van der Waals surface area contributed by atoms with Crippen molar-refractivity contribution in [2.45, 2.75) is 26.4 Å². The molecule has 27 heavy (non-hydrogen) atoms. The Morgan fingerprint density at radius 3 is 2.30 bits per heavy atom. The van der Waals surface area contributed by atoms with Crippen LogP contribution in [0.1, 0.15) is 18.9 Å². The highest BCUT2D eigenvalue weighted by Crippen LogP contribution is 2.24. The maximum atomic E-state index is 12.6. The van der Waals surface area contributed by atoms with Gasteiger partial charge >= 0.3 is 0 Å². The van der Waals surface area contributed by atoms with Gasteiger partial charge in [-0.15, -0.1) is 0 Å². The summed E-state index contributed by atoms with van der Waals surface area (Å²) >= 11 is 6.12. The Hall–Kier alpha value is -2.78. The summed E-state index contributed by atoms with van der Waals surface area (Å²) in [6.45, 7) is 3.84. The second kappa shape index (κ2) is 8.74. The number of amides is 1. The topological polar surface area (TPSA) is 38.3 Å².